The molecular weight excluding hydrogens is 193 g/mol. The molecule has 0 saturated heterocycles. The first-order valence-electron chi connectivity index (χ1n) is 4.99. The van der Waals surface area contributed by atoms with E-state index in [4.69, 9.17) is 10.5 Å². The summed E-state index contributed by atoms with van der Waals surface area (Å²) in [5, 5.41) is 0. The maximum absolute atomic E-state index is 12.8. The van der Waals surface area contributed by atoms with Gasteiger partial charge in [0.05, 0.1) is 6.61 Å². The summed E-state index contributed by atoms with van der Waals surface area (Å²) in [6.07, 6.45) is 0. The Bertz CT molecular complexity index is 308. The Kier molecular flexibility index (Phi) is 3.83. The van der Waals surface area contributed by atoms with Gasteiger partial charge >= 0.3 is 0 Å². The molecular formula is C12H18FNO. The van der Waals surface area contributed by atoms with Crippen LogP contribution in [0, 0.1) is 5.82 Å². The lowest BCUT2D eigenvalue weighted by molar-refractivity contribution is 0.153. The third-order valence-electron chi connectivity index (χ3n) is 2.86. The number of hydrogen-bond donors (Lipinski definition) is 1. The molecule has 2 N–H and O–H groups in total. The smallest absolute Gasteiger partial charge is 0.123 e. The lowest BCUT2D eigenvalue weighted by atomic mass is 9.78. The van der Waals surface area contributed by atoms with E-state index in [1.54, 1.807) is 19.2 Å². The SMILES string of the molecule is COCC(N)C(C)(C)c1ccc(F)cc1. The predicted octanol–water partition coefficient (Wildman–Crippen LogP) is 2.08. The zero-order chi connectivity index (χ0) is 11.5. The summed E-state index contributed by atoms with van der Waals surface area (Å²) < 4.78 is 17.8. The molecule has 0 aromatic heterocycles. The van der Waals surface area contributed by atoms with Crippen LogP contribution in [0.5, 0.6) is 0 Å². The molecule has 0 spiro atoms. The van der Waals surface area contributed by atoms with Crippen molar-refractivity contribution in [2.75, 3.05) is 13.7 Å². The molecule has 1 atom stereocenters. The maximum atomic E-state index is 12.8. The minimum absolute atomic E-state index is 0.104. The van der Waals surface area contributed by atoms with Crippen molar-refractivity contribution in [1.82, 2.24) is 0 Å². The minimum atomic E-state index is -0.227. The van der Waals surface area contributed by atoms with E-state index in [1.807, 2.05) is 13.8 Å². The molecule has 0 radical (unpaired) electrons. The number of halogens is 1. The highest BCUT2D eigenvalue weighted by Crippen LogP contribution is 2.26. The van der Waals surface area contributed by atoms with Gasteiger partial charge in [-0.05, 0) is 17.7 Å². The predicted molar refractivity (Wildman–Crippen MR) is 59.3 cm³/mol. The van der Waals surface area contributed by atoms with Crippen molar-refractivity contribution in [1.29, 1.82) is 0 Å². The number of ether oxygens (including phenoxy) is 1. The monoisotopic (exact) mass is 211 g/mol. The lowest BCUT2D eigenvalue weighted by Crippen LogP contribution is -2.44. The summed E-state index contributed by atoms with van der Waals surface area (Å²) in [6.45, 7) is 4.55. The van der Waals surface area contributed by atoms with Gasteiger partial charge < -0.3 is 10.5 Å². The molecule has 2 nitrogen and oxygen atoms in total. The van der Waals surface area contributed by atoms with Crippen LogP contribution in [0.3, 0.4) is 0 Å². The molecule has 84 valence electrons. The van der Waals surface area contributed by atoms with Gasteiger partial charge in [0.2, 0.25) is 0 Å². The zero-order valence-corrected chi connectivity index (χ0v) is 9.46. The summed E-state index contributed by atoms with van der Waals surface area (Å²) in [5.41, 5.74) is 6.82. The molecule has 0 heterocycles. The van der Waals surface area contributed by atoms with Gasteiger partial charge in [-0.25, -0.2) is 4.39 Å². The van der Waals surface area contributed by atoms with Gasteiger partial charge in [-0.15, -0.1) is 0 Å². The van der Waals surface area contributed by atoms with Crippen molar-refractivity contribution < 1.29 is 9.13 Å². The Balaban J connectivity index is 2.89. The molecule has 1 unspecified atom stereocenters. The molecule has 0 saturated carbocycles. The van der Waals surface area contributed by atoms with Crippen molar-refractivity contribution in [3.63, 3.8) is 0 Å². The van der Waals surface area contributed by atoms with E-state index in [2.05, 4.69) is 0 Å². The van der Waals surface area contributed by atoms with Gasteiger partial charge in [0, 0.05) is 18.6 Å². The lowest BCUT2D eigenvalue weighted by Gasteiger charge is -2.31. The summed E-state index contributed by atoms with van der Waals surface area (Å²) in [7, 11) is 1.63. The summed E-state index contributed by atoms with van der Waals surface area (Å²) in [5.74, 6) is -0.227. The topological polar surface area (TPSA) is 35.2 Å². The molecule has 3 heteroatoms. The molecule has 0 aliphatic heterocycles. The highest BCUT2D eigenvalue weighted by molar-refractivity contribution is 5.26. The molecule has 0 fully saturated rings. The minimum Gasteiger partial charge on any atom is -0.383 e. The summed E-state index contributed by atoms with van der Waals surface area (Å²) >= 11 is 0. The third-order valence-corrected chi connectivity index (χ3v) is 2.86. The maximum Gasteiger partial charge on any atom is 0.123 e. The Hall–Kier alpha value is -0.930. The van der Waals surface area contributed by atoms with E-state index in [9.17, 15) is 4.39 Å². The zero-order valence-electron chi connectivity index (χ0n) is 9.46. The van der Waals surface area contributed by atoms with Crippen LogP contribution in [-0.4, -0.2) is 19.8 Å². The van der Waals surface area contributed by atoms with Crippen molar-refractivity contribution in [2.45, 2.75) is 25.3 Å². The van der Waals surface area contributed by atoms with E-state index in [0.717, 1.165) is 5.56 Å². The standard InChI is InChI=1S/C12H18FNO/c1-12(2,11(14)8-15-3)9-4-6-10(13)7-5-9/h4-7,11H,8,14H2,1-3H3. The Morgan fingerprint density at radius 1 is 1.33 bits per heavy atom. The highest BCUT2D eigenvalue weighted by Gasteiger charge is 2.28. The fourth-order valence-electron chi connectivity index (χ4n) is 1.48. The van der Waals surface area contributed by atoms with E-state index in [1.165, 1.54) is 12.1 Å². The fraction of sp³-hybridized carbons (Fsp3) is 0.500. The molecule has 0 amide bonds. The molecule has 0 bridgehead atoms. The van der Waals surface area contributed by atoms with Crippen molar-refractivity contribution in [3.8, 4) is 0 Å². The second-order valence-corrected chi connectivity index (χ2v) is 4.29. The first kappa shape index (κ1) is 12.1. The molecule has 15 heavy (non-hydrogen) atoms. The van der Waals surface area contributed by atoms with Crippen LogP contribution in [0.4, 0.5) is 4.39 Å². The van der Waals surface area contributed by atoms with E-state index >= 15 is 0 Å². The highest BCUT2D eigenvalue weighted by atomic mass is 19.1. The van der Waals surface area contributed by atoms with Gasteiger partial charge in [0.15, 0.2) is 0 Å². The third kappa shape index (κ3) is 2.76. The number of nitrogens with two attached hydrogens (primary N) is 1. The Morgan fingerprint density at radius 2 is 1.87 bits per heavy atom. The van der Waals surface area contributed by atoms with Crippen LogP contribution < -0.4 is 5.73 Å². The quantitative estimate of drug-likeness (QED) is 0.827. The van der Waals surface area contributed by atoms with Crippen LogP contribution in [-0.2, 0) is 10.2 Å². The summed E-state index contributed by atoms with van der Waals surface area (Å²) in [6, 6.07) is 6.34. The summed E-state index contributed by atoms with van der Waals surface area (Å²) in [4.78, 5) is 0. The van der Waals surface area contributed by atoms with Crippen molar-refractivity contribution in [3.05, 3.63) is 35.6 Å². The number of hydrogen-bond acceptors (Lipinski definition) is 2. The van der Waals surface area contributed by atoms with Crippen molar-refractivity contribution >= 4 is 0 Å². The molecule has 0 aliphatic rings. The van der Waals surface area contributed by atoms with Gasteiger partial charge in [-0.1, -0.05) is 26.0 Å². The number of rotatable bonds is 4. The largest absolute Gasteiger partial charge is 0.383 e. The Labute approximate surface area is 90.2 Å². The van der Waals surface area contributed by atoms with E-state index in [0.29, 0.717) is 6.61 Å². The second-order valence-electron chi connectivity index (χ2n) is 4.29. The van der Waals surface area contributed by atoms with Crippen LogP contribution in [0.25, 0.3) is 0 Å². The number of methoxy groups -OCH3 is 1. The first-order chi connectivity index (χ1) is 6.98. The normalized spacial score (nSPS) is 13.9. The van der Waals surface area contributed by atoms with Crippen LogP contribution in [0.15, 0.2) is 24.3 Å². The Morgan fingerprint density at radius 3 is 2.33 bits per heavy atom. The van der Waals surface area contributed by atoms with Gasteiger partial charge in [-0.2, -0.15) is 0 Å². The van der Waals surface area contributed by atoms with E-state index in [-0.39, 0.29) is 17.3 Å². The fourth-order valence-corrected chi connectivity index (χ4v) is 1.48. The van der Waals surface area contributed by atoms with Crippen LogP contribution in [0.1, 0.15) is 19.4 Å². The van der Waals surface area contributed by atoms with Gasteiger partial charge in [-0.3, -0.25) is 0 Å². The van der Waals surface area contributed by atoms with Gasteiger partial charge in [0.1, 0.15) is 5.82 Å². The van der Waals surface area contributed by atoms with Crippen molar-refractivity contribution in [2.24, 2.45) is 5.73 Å². The van der Waals surface area contributed by atoms with E-state index < -0.39 is 0 Å². The second kappa shape index (κ2) is 4.73. The van der Waals surface area contributed by atoms with Crippen LogP contribution >= 0.6 is 0 Å². The van der Waals surface area contributed by atoms with Crippen LogP contribution in [0.2, 0.25) is 0 Å². The number of benzene rings is 1. The molecule has 1 rings (SSSR count). The molecule has 0 aliphatic carbocycles. The average Bonchev–Trinajstić information content (AvgIpc) is 2.18. The van der Waals surface area contributed by atoms with Gasteiger partial charge in [0.25, 0.3) is 0 Å². The molecule has 1 aromatic carbocycles. The first-order valence-corrected chi connectivity index (χ1v) is 4.99. The average molecular weight is 211 g/mol. The molecule has 1 aromatic rings.